The number of amides is 1. The number of anilines is 1. The van der Waals surface area contributed by atoms with Crippen LogP contribution in [0.15, 0.2) is 24.3 Å². The van der Waals surface area contributed by atoms with Gasteiger partial charge in [-0.05, 0) is 33.8 Å². The molecule has 8 heteroatoms. The van der Waals surface area contributed by atoms with Crippen molar-refractivity contribution in [3.05, 3.63) is 34.4 Å². The van der Waals surface area contributed by atoms with Crippen molar-refractivity contribution in [2.75, 3.05) is 18.5 Å². The lowest BCUT2D eigenvalue weighted by Gasteiger charge is -2.22. The first-order valence-electron chi connectivity index (χ1n) is 7.27. The highest BCUT2D eigenvalue weighted by atomic mass is 16.7. The lowest BCUT2D eigenvalue weighted by atomic mass is 10.1. The van der Waals surface area contributed by atoms with Crippen LogP contribution in [0.4, 0.5) is 16.2 Å². The SMILES string of the molecule is CC(OCCNc1ccccc1[N+](=O)[O-])OC(=O)NC(C)(C)C. The second-order valence-electron chi connectivity index (χ2n) is 5.92. The Morgan fingerprint density at radius 1 is 1.35 bits per heavy atom. The van der Waals surface area contributed by atoms with E-state index >= 15 is 0 Å². The molecule has 0 bridgehead atoms. The average molecular weight is 325 g/mol. The van der Waals surface area contributed by atoms with E-state index in [9.17, 15) is 14.9 Å². The summed E-state index contributed by atoms with van der Waals surface area (Å²) < 4.78 is 10.4. The molecule has 0 heterocycles. The van der Waals surface area contributed by atoms with Crippen LogP contribution in [0, 0.1) is 10.1 Å². The maximum absolute atomic E-state index is 11.5. The summed E-state index contributed by atoms with van der Waals surface area (Å²) in [5, 5.41) is 16.4. The number of benzene rings is 1. The molecule has 0 fully saturated rings. The number of nitro benzene ring substituents is 1. The number of nitro groups is 1. The number of nitrogens with zero attached hydrogens (tertiary/aromatic N) is 1. The van der Waals surface area contributed by atoms with Crippen LogP contribution in [0.3, 0.4) is 0 Å². The van der Waals surface area contributed by atoms with Crippen molar-refractivity contribution in [3.63, 3.8) is 0 Å². The highest BCUT2D eigenvalue weighted by molar-refractivity contribution is 5.68. The number of hydrogen-bond acceptors (Lipinski definition) is 6. The summed E-state index contributed by atoms with van der Waals surface area (Å²) in [5.41, 5.74) is 0.0337. The Kier molecular flexibility index (Phi) is 6.77. The van der Waals surface area contributed by atoms with Crippen LogP contribution >= 0.6 is 0 Å². The summed E-state index contributed by atoms with van der Waals surface area (Å²) in [6, 6.07) is 6.35. The van der Waals surface area contributed by atoms with Gasteiger partial charge in [0, 0.05) is 18.2 Å². The maximum Gasteiger partial charge on any atom is 0.409 e. The molecule has 0 saturated heterocycles. The first-order chi connectivity index (χ1) is 10.7. The van der Waals surface area contributed by atoms with E-state index in [1.165, 1.54) is 6.07 Å². The fourth-order valence-electron chi connectivity index (χ4n) is 1.71. The molecule has 1 aromatic rings. The second kappa shape index (κ2) is 8.33. The molecule has 0 aliphatic carbocycles. The normalized spacial score (nSPS) is 12.3. The van der Waals surface area contributed by atoms with Crippen molar-refractivity contribution >= 4 is 17.5 Å². The van der Waals surface area contributed by atoms with Crippen molar-refractivity contribution in [1.82, 2.24) is 5.32 Å². The number of para-hydroxylation sites is 2. The third kappa shape index (κ3) is 7.46. The predicted molar refractivity (Wildman–Crippen MR) is 86.4 cm³/mol. The van der Waals surface area contributed by atoms with E-state index in [0.717, 1.165) is 0 Å². The standard InChI is InChI=1S/C15H23N3O5/c1-11(23-14(19)17-15(2,3)4)22-10-9-16-12-7-5-6-8-13(12)18(20)21/h5-8,11,16H,9-10H2,1-4H3,(H,17,19). The molecule has 0 aliphatic heterocycles. The number of carbonyl (C=O) groups is 1. The number of ether oxygens (including phenoxy) is 2. The van der Waals surface area contributed by atoms with Gasteiger partial charge in [-0.2, -0.15) is 0 Å². The first-order valence-corrected chi connectivity index (χ1v) is 7.27. The quantitative estimate of drug-likeness (QED) is 0.346. The van der Waals surface area contributed by atoms with Crippen molar-refractivity contribution in [1.29, 1.82) is 0 Å². The van der Waals surface area contributed by atoms with Gasteiger partial charge < -0.3 is 20.1 Å². The van der Waals surface area contributed by atoms with Crippen molar-refractivity contribution in [3.8, 4) is 0 Å². The van der Waals surface area contributed by atoms with Crippen LogP contribution in [-0.4, -0.2) is 36.0 Å². The van der Waals surface area contributed by atoms with E-state index in [0.29, 0.717) is 12.2 Å². The van der Waals surface area contributed by atoms with Gasteiger partial charge in [-0.1, -0.05) is 12.1 Å². The lowest BCUT2D eigenvalue weighted by Crippen LogP contribution is -2.42. The highest BCUT2D eigenvalue weighted by Crippen LogP contribution is 2.22. The molecular formula is C15H23N3O5. The molecule has 1 amide bonds. The van der Waals surface area contributed by atoms with Gasteiger partial charge in [0.05, 0.1) is 11.5 Å². The van der Waals surface area contributed by atoms with Gasteiger partial charge in [0.1, 0.15) is 5.69 Å². The van der Waals surface area contributed by atoms with E-state index in [-0.39, 0.29) is 17.8 Å². The third-order valence-corrected chi connectivity index (χ3v) is 2.62. The topological polar surface area (TPSA) is 103 Å². The summed E-state index contributed by atoms with van der Waals surface area (Å²) in [6.07, 6.45) is -1.28. The van der Waals surface area contributed by atoms with E-state index in [2.05, 4.69) is 10.6 Å². The minimum Gasteiger partial charge on any atom is -0.420 e. The summed E-state index contributed by atoms with van der Waals surface area (Å²) in [5.74, 6) is 0. The zero-order valence-electron chi connectivity index (χ0n) is 13.8. The smallest absolute Gasteiger partial charge is 0.409 e. The van der Waals surface area contributed by atoms with Crippen molar-refractivity contribution in [2.24, 2.45) is 0 Å². The fourth-order valence-corrected chi connectivity index (χ4v) is 1.71. The molecule has 1 unspecified atom stereocenters. The van der Waals surface area contributed by atoms with E-state index in [1.807, 2.05) is 20.8 Å². The third-order valence-electron chi connectivity index (χ3n) is 2.62. The molecule has 2 N–H and O–H groups in total. The van der Waals surface area contributed by atoms with Crippen LogP contribution < -0.4 is 10.6 Å². The molecule has 0 aliphatic rings. The van der Waals surface area contributed by atoms with Gasteiger partial charge in [0.25, 0.3) is 5.69 Å². The molecule has 0 spiro atoms. The summed E-state index contributed by atoms with van der Waals surface area (Å²) in [6.45, 7) is 7.71. The molecule has 1 atom stereocenters. The molecule has 128 valence electrons. The maximum atomic E-state index is 11.5. The number of alkyl carbamates (subject to hydrolysis) is 1. The average Bonchev–Trinajstić information content (AvgIpc) is 2.41. The Morgan fingerprint density at radius 3 is 2.61 bits per heavy atom. The van der Waals surface area contributed by atoms with Gasteiger partial charge in [0.2, 0.25) is 6.29 Å². The minimum atomic E-state index is -0.718. The zero-order chi connectivity index (χ0) is 17.5. The van der Waals surface area contributed by atoms with Gasteiger partial charge in [-0.3, -0.25) is 10.1 Å². The Morgan fingerprint density at radius 2 is 2.00 bits per heavy atom. The summed E-state index contributed by atoms with van der Waals surface area (Å²) in [7, 11) is 0. The Balaban J connectivity index is 2.32. The van der Waals surface area contributed by atoms with Gasteiger partial charge in [-0.15, -0.1) is 0 Å². The molecule has 0 aromatic heterocycles. The van der Waals surface area contributed by atoms with E-state index in [4.69, 9.17) is 9.47 Å². The minimum absolute atomic E-state index is 0.00125. The monoisotopic (exact) mass is 325 g/mol. The van der Waals surface area contributed by atoms with E-state index in [1.54, 1.807) is 25.1 Å². The second-order valence-corrected chi connectivity index (χ2v) is 5.92. The highest BCUT2D eigenvalue weighted by Gasteiger charge is 2.17. The molecule has 1 aromatic carbocycles. The first kappa shape index (κ1) is 18.7. The largest absolute Gasteiger partial charge is 0.420 e. The molecule has 1 rings (SSSR count). The summed E-state index contributed by atoms with van der Waals surface area (Å²) >= 11 is 0. The van der Waals surface area contributed by atoms with E-state index < -0.39 is 17.3 Å². The molecule has 0 saturated carbocycles. The van der Waals surface area contributed by atoms with Crippen LogP contribution in [0.25, 0.3) is 0 Å². The molecule has 23 heavy (non-hydrogen) atoms. The Bertz CT molecular complexity index is 542. The van der Waals surface area contributed by atoms with Crippen molar-refractivity contribution < 1.29 is 19.2 Å². The Labute approximate surface area is 135 Å². The molecule has 8 nitrogen and oxygen atoms in total. The fraction of sp³-hybridized carbons (Fsp3) is 0.533. The number of nitrogens with one attached hydrogen (secondary N) is 2. The van der Waals surface area contributed by atoms with Gasteiger partial charge in [0.15, 0.2) is 0 Å². The summed E-state index contributed by atoms with van der Waals surface area (Å²) in [4.78, 5) is 22.0. The van der Waals surface area contributed by atoms with Crippen LogP contribution in [-0.2, 0) is 9.47 Å². The predicted octanol–water partition coefficient (Wildman–Crippen LogP) is 2.89. The Hall–Kier alpha value is -2.35. The van der Waals surface area contributed by atoms with Crippen LogP contribution in [0.2, 0.25) is 0 Å². The van der Waals surface area contributed by atoms with Crippen molar-refractivity contribution in [2.45, 2.75) is 39.5 Å². The lowest BCUT2D eigenvalue weighted by molar-refractivity contribution is -0.384. The zero-order valence-corrected chi connectivity index (χ0v) is 13.8. The van der Waals surface area contributed by atoms with Crippen LogP contribution in [0.5, 0.6) is 0 Å². The van der Waals surface area contributed by atoms with Gasteiger partial charge >= 0.3 is 6.09 Å². The molecule has 0 radical (unpaired) electrons. The van der Waals surface area contributed by atoms with Crippen LogP contribution in [0.1, 0.15) is 27.7 Å². The van der Waals surface area contributed by atoms with Gasteiger partial charge in [-0.25, -0.2) is 4.79 Å². The number of hydrogen-bond donors (Lipinski definition) is 2. The molecular weight excluding hydrogens is 302 g/mol. The number of rotatable bonds is 7. The number of carbonyl (C=O) groups excluding carboxylic acids is 1.